The number of hydrogen-bond acceptors (Lipinski definition) is 3. The average Bonchev–Trinajstić information content (AvgIpc) is 2.52. The highest BCUT2D eigenvalue weighted by Crippen LogP contribution is 2.31. The third-order valence-electron chi connectivity index (χ3n) is 2.80. The van der Waals surface area contributed by atoms with Gasteiger partial charge in [0, 0.05) is 16.8 Å². The minimum absolute atomic E-state index is 0.0611. The van der Waals surface area contributed by atoms with Crippen molar-refractivity contribution in [3.05, 3.63) is 28.2 Å². The third kappa shape index (κ3) is 2.03. The molecule has 1 heterocycles. The quantitative estimate of drug-likeness (QED) is 0.848. The number of anilines is 1. The van der Waals surface area contributed by atoms with E-state index in [-0.39, 0.29) is 29.5 Å². The van der Waals surface area contributed by atoms with E-state index in [1.54, 1.807) is 13.0 Å². The predicted molar refractivity (Wildman–Crippen MR) is 67.4 cm³/mol. The number of imide groups is 1. The van der Waals surface area contributed by atoms with Gasteiger partial charge in [0.15, 0.2) is 0 Å². The monoisotopic (exact) mass is 311 g/mol. The number of carbonyl (C=O) groups is 3. The van der Waals surface area contributed by atoms with Crippen molar-refractivity contribution in [3.8, 4) is 0 Å². The maximum atomic E-state index is 11.9. The van der Waals surface area contributed by atoms with Gasteiger partial charge in [-0.15, -0.1) is 0 Å². The van der Waals surface area contributed by atoms with Crippen molar-refractivity contribution >= 4 is 39.4 Å². The normalized spacial score (nSPS) is 19.4. The number of halogens is 1. The molecule has 2 amide bonds. The van der Waals surface area contributed by atoms with Crippen molar-refractivity contribution in [2.75, 3.05) is 4.90 Å². The second kappa shape index (κ2) is 4.53. The number of aromatic carboxylic acids is 1. The van der Waals surface area contributed by atoms with Crippen LogP contribution in [0.15, 0.2) is 22.7 Å². The predicted octanol–water partition coefficient (Wildman–Crippen LogP) is 2.05. The topological polar surface area (TPSA) is 74.7 Å². The Morgan fingerprint density at radius 3 is 2.61 bits per heavy atom. The Morgan fingerprint density at radius 2 is 2.11 bits per heavy atom. The lowest BCUT2D eigenvalue weighted by molar-refractivity contribution is -0.122. The van der Waals surface area contributed by atoms with Gasteiger partial charge in [-0.25, -0.2) is 9.69 Å². The van der Waals surface area contributed by atoms with E-state index in [9.17, 15) is 14.4 Å². The maximum Gasteiger partial charge on any atom is 0.337 e. The highest BCUT2D eigenvalue weighted by atomic mass is 79.9. The van der Waals surface area contributed by atoms with Crippen molar-refractivity contribution in [1.29, 1.82) is 0 Å². The Balaban J connectivity index is 2.56. The second-order valence-electron chi connectivity index (χ2n) is 4.14. The fraction of sp³-hybridized carbons (Fsp3) is 0.250. The van der Waals surface area contributed by atoms with Crippen LogP contribution in [-0.2, 0) is 9.59 Å². The van der Waals surface area contributed by atoms with E-state index in [0.717, 1.165) is 4.90 Å². The fourth-order valence-corrected chi connectivity index (χ4v) is 2.26. The summed E-state index contributed by atoms with van der Waals surface area (Å²) < 4.78 is 0.614. The summed E-state index contributed by atoms with van der Waals surface area (Å²) in [4.78, 5) is 35.8. The molecule has 0 aromatic heterocycles. The lowest BCUT2D eigenvalue weighted by Crippen LogP contribution is -2.31. The molecule has 0 spiro atoms. The first kappa shape index (κ1) is 12.8. The molecule has 1 atom stereocenters. The Labute approximate surface area is 112 Å². The fourth-order valence-electron chi connectivity index (χ4n) is 1.91. The number of rotatable bonds is 2. The average molecular weight is 312 g/mol. The number of carbonyl (C=O) groups excluding carboxylic acids is 2. The van der Waals surface area contributed by atoms with Crippen molar-refractivity contribution in [1.82, 2.24) is 0 Å². The molecule has 94 valence electrons. The van der Waals surface area contributed by atoms with Crippen molar-refractivity contribution in [3.63, 3.8) is 0 Å². The van der Waals surface area contributed by atoms with E-state index in [0.29, 0.717) is 4.47 Å². The van der Waals surface area contributed by atoms with Gasteiger partial charge in [0.05, 0.1) is 11.3 Å². The summed E-state index contributed by atoms with van der Waals surface area (Å²) in [6.07, 6.45) is 0.115. The van der Waals surface area contributed by atoms with Gasteiger partial charge >= 0.3 is 5.97 Å². The second-order valence-corrected chi connectivity index (χ2v) is 5.05. The van der Waals surface area contributed by atoms with Gasteiger partial charge in [-0.05, 0) is 18.2 Å². The van der Waals surface area contributed by atoms with E-state index in [4.69, 9.17) is 5.11 Å². The molecule has 5 nitrogen and oxygen atoms in total. The molecule has 0 aliphatic carbocycles. The summed E-state index contributed by atoms with van der Waals surface area (Å²) in [6, 6.07) is 4.39. The molecule has 0 bridgehead atoms. The van der Waals surface area contributed by atoms with E-state index >= 15 is 0 Å². The van der Waals surface area contributed by atoms with Gasteiger partial charge in [-0.2, -0.15) is 0 Å². The number of hydrogen-bond donors (Lipinski definition) is 1. The van der Waals surface area contributed by atoms with Gasteiger partial charge in [-0.3, -0.25) is 9.59 Å². The summed E-state index contributed by atoms with van der Waals surface area (Å²) in [6.45, 7) is 1.65. The minimum Gasteiger partial charge on any atom is -0.478 e. The molecule has 1 aliphatic rings. The van der Waals surface area contributed by atoms with Crippen molar-refractivity contribution < 1.29 is 19.5 Å². The number of benzene rings is 1. The van der Waals surface area contributed by atoms with Crippen LogP contribution in [0.4, 0.5) is 5.69 Å². The minimum atomic E-state index is -1.17. The van der Waals surface area contributed by atoms with Crippen LogP contribution in [0.25, 0.3) is 0 Å². The molecule has 1 unspecified atom stereocenters. The van der Waals surface area contributed by atoms with Gasteiger partial charge in [0.2, 0.25) is 11.8 Å². The molecule has 2 rings (SSSR count). The number of carboxylic acid groups (broad SMARTS) is 1. The first-order chi connectivity index (χ1) is 8.41. The van der Waals surface area contributed by atoms with Crippen molar-refractivity contribution in [2.45, 2.75) is 13.3 Å². The standard InChI is InChI=1S/C12H10BrNO4/c1-6-4-10(15)14(11(6)16)9-5-7(13)2-3-8(9)12(17)18/h2-3,5-6H,4H2,1H3,(H,17,18). The van der Waals surface area contributed by atoms with E-state index in [1.807, 2.05) is 0 Å². The van der Waals surface area contributed by atoms with E-state index in [2.05, 4.69) is 15.9 Å². The van der Waals surface area contributed by atoms with E-state index in [1.165, 1.54) is 12.1 Å². The molecule has 1 saturated heterocycles. The molecular formula is C12H10BrNO4. The lowest BCUT2D eigenvalue weighted by Gasteiger charge is -2.17. The van der Waals surface area contributed by atoms with Gasteiger partial charge < -0.3 is 5.11 Å². The molecule has 0 saturated carbocycles. The third-order valence-corrected chi connectivity index (χ3v) is 3.30. The zero-order chi connectivity index (χ0) is 13.4. The summed E-state index contributed by atoms with van der Waals surface area (Å²) >= 11 is 3.21. The Kier molecular flexibility index (Phi) is 3.21. The number of nitrogens with zero attached hydrogens (tertiary/aromatic N) is 1. The van der Waals surface area contributed by atoms with Crippen LogP contribution in [0, 0.1) is 5.92 Å². The smallest absolute Gasteiger partial charge is 0.337 e. The van der Waals surface area contributed by atoms with Crippen LogP contribution in [0.5, 0.6) is 0 Å². The maximum absolute atomic E-state index is 11.9. The first-order valence-corrected chi connectivity index (χ1v) is 6.10. The zero-order valence-corrected chi connectivity index (χ0v) is 11.1. The van der Waals surface area contributed by atoms with Gasteiger partial charge in [0.1, 0.15) is 0 Å². The molecule has 6 heteroatoms. The van der Waals surface area contributed by atoms with Crippen LogP contribution in [-0.4, -0.2) is 22.9 Å². The van der Waals surface area contributed by atoms with Gasteiger partial charge in [-0.1, -0.05) is 22.9 Å². The molecule has 1 fully saturated rings. The molecule has 1 aromatic carbocycles. The lowest BCUT2D eigenvalue weighted by atomic mass is 10.1. The molecule has 1 aromatic rings. The molecular weight excluding hydrogens is 302 g/mol. The largest absolute Gasteiger partial charge is 0.478 e. The first-order valence-electron chi connectivity index (χ1n) is 5.31. The summed E-state index contributed by atoms with van der Waals surface area (Å²) in [5.74, 6) is -2.30. The molecule has 1 aliphatic heterocycles. The van der Waals surface area contributed by atoms with Crippen molar-refractivity contribution in [2.24, 2.45) is 5.92 Å². The SMILES string of the molecule is CC1CC(=O)N(c2cc(Br)ccc2C(=O)O)C1=O. The van der Waals surface area contributed by atoms with Crippen LogP contribution in [0.1, 0.15) is 23.7 Å². The molecule has 18 heavy (non-hydrogen) atoms. The van der Waals surface area contributed by atoms with Crippen LogP contribution >= 0.6 is 15.9 Å². The Morgan fingerprint density at radius 1 is 1.44 bits per heavy atom. The number of carboxylic acids is 1. The highest BCUT2D eigenvalue weighted by Gasteiger charge is 2.38. The number of amides is 2. The van der Waals surface area contributed by atoms with Crippen LogP contribution in [0.3, 0.4) is 0 Å². The Bertz CT molecular complexity index is 555. The molecule has 1 N–H and O–H groups in total. The highest BCUT2D eigenvalue weighted by molar-refractivity contribution is 9.10. The summed E-state index contributed by atoms with van der Waals surface area (Å²) in [7, 11) is 0. The van der Waals surface area contributed by atoms with E-state index < -0.39 is 11.9 Å². The summed E-state index contributed by atoms with van der Waals surface area (Å²) in [5, 5.41) is 9.09. The zero-order valence-electron chi connectivity index (χ0n) is 9.51. The molecule has 0 radical (unpaired) electrons. The van der Waals surface area contributed by atoms with Gasteiger partial charge in [0.25, 0.3) is 0 Å². The van der Waals surface area contributed by atoms with Crippen LogP contribution < -0.4 is 4.90 Å². The summed E-state index contributed by atoms with van der Waals surface area (Å²) in [5.41, 5.74) is 0.0604. The Hall–Kier alpha value is -1.69. The van der Waals surface area contributed by atoms with Crippen LogP contribution in [0.2, 0.25) is 0 Å².